The maximum Gasteiger partial charge on any atom is 0.407 e. The third-order valence-corrected chi connectivity index (χ3v) is 7.32. The van der Waals surface area contributed by atoms with Crippen LogP contribution < -0.4 is 15.4 Å². The van der Waals surface area contributed by atoms with Crippen molar-refractivity contribution >= 4 is 18.2 Å². The van der Waals surface area contributed by atoms with Crippen molar-refractivity contribution in [3.05, 3.63) is 89.5 Å². The van der Waals surface area contributed by atoms with Crippen molar-refractivity contribution in [2.24, 2.45) is 0 Å². The molecule has 0 saturated carbocycles. The van der Waals surface area contributed by atoms with E-state index in [1.165, 1.54) is 0 Å². The highest BCUT2D eigenvalue weighted by Crippen LogP contribution is 2.44. The fraction of sp³-hybridized carbons (Fsp3) is 0.400. The lowest BCUT2D eigenvalue weighted by atomic mass is 9.98. The van der Waals surface area contributed by atoms with Gasteiger partial charge in [-0.2, -0.15) is 0 Å². The Morgan fingerprint density at radius 2 is 1.48 bits per heavy atom. The molecule has 0 radical (unpaired) electrons. The topological polar surface area (TPSA) is 123 Å². The third-order valence-electron chi connectivity index (χ3n) is 7.32. The van der Waals surface area contributed by atoms with Gasteiger partial charge in [-0.25, -0.2) is 14.4 Å². The second-order valence-electron chi connectivity index (χ2n) is 11.9. The molecule has 1 unspecified atom stereocenters. The Hall–Kier alpha value is -4.53. The summed E-state index contributed by atoms with van der Waals surface area (Å²) in [7, 11) is 0. The zero-order valence-corrected chi connectivity index (χ0v) is 25.6. The van der Waals surface area contributed by atoms with Gasteiger partial charge in [0.1, 0.15) is 24.0 Å². The van der Waals surface area contributed by atoms with E-state index in [0.717, 1.165) is 46.4 Å². The van der Waals surface area contributed by atoms with Crippen LogP contribution in [0.1, 0.15) is 69.1 Å². The van der Waals surface area contributed by atoms with E-state index >= 15 is 0 Å². The van der Waals surface area contributed by atoms with Gasteiger partial charge in [0.05, 0.1) is 6.61 Å². The highest BCUT2D eigenvalue weighted by molar-refractivity contribution is 5.81. The summed E-state index contributed by atoms with van der Waals surface area (Å²) >= 11 is 0. The minimum atomic E-state index is -1.09. The lowest BCUT2D eigenvalue weighted by Gasteiger charge is -2.19. The van der Waals surface area contributed by atoms with E-state index in [0.29, 0.717) is 26.0 Å². The summed E-state index contributed by atoms with van der Waals surface area (Å²) in [6.07, 6.45) is 1.91. The summed E-state index contributed by atoms with van der Waals surface area (Å²) in [4.78, 5) is 36.1. The SMILES string of the molecule is CC(C)(C)OC(=O)NCCCCOc1ccc(CCCC(NC(=O)OCC2c3ccccc3-c3ccccc32)C(=O)O)cc1. The molecule has 0 bridgehead atoms. The molecule has 0 spiro atoms. The number of alkyl carbamates (subject to hydrolysis) is 2. The van der Waals surface area contributed by atoms with Crippen molar-refractivity contribution < 1.29 is 33.7 Å². The lowest BCUT2D eigenvalue weighted by molar-refractivity contribution is -0.139. The van der Waals surface area contributed by atoms with Crippen LogP contribution in [0.5, 0.6) is 5.75 Å². The number of fused-ring (bicyclic) bond motifs is 3. The molecule has 3 aromatic rings. The fourth-order valence-electron chi connectivity index (χ4n) is 5.22. The van der Waals surface area contributed by atoms with Crippen LogP contribution in [0, 0.1) is 0 Å². The molecule has 0 heterocycles. The molecular formula is C35H42N2O7. The number of hydrogen-bond donors (Lipinski definition) is 3. The summed E-state index contributed by atoms with van der Waals surface area (Å²) in [5, 5.41) is 14.9. The Morgan fingerprint density at radius 1 is 0.841 bits per heavy atom. The number of nitrogens with one attached hydrogen (secondary N) is 2. The molecule has 1 aliphatic rings. The Kier molecular flexibility index (Phi) is 11.2. The van der Waals surface area contributed by atoms with Gasteiger partial charge in [0.2, 0.25) is 0 Å². The molecule has 2 amide bonds. The molecule has 4 rings (SSSR count). The average molecular weight is 603 g/mol. The van der Waals surface area contributed by atoms with Crippen molar-refractivity contribution in [2.45, 2.75) is 70.4 Å². The Balaban J connectivity index is 1.14. The highest BCUT2D eigenvalue weighted by atomic mass is 16.6. The number of unbranched alkanes of at least 4 members (excludes halogenated alkanes) is 1. The molecule has 44 heavy (non-hydrogen) atoms. The van der Waals surface area contributed by atoms with Crippen LogP contribution in [-0.4, -0.2) is 54.7 Å². The summed E-state index contributed by atoms with van der Waals surface area (Å²) < 4.78 is 16.5. The van der Waals surface area contributed by atoms with E-state index < -0.39 is 29.8 Å². The fourth-order valence-corrected chi connectivity index (χ4v) is 5.22. The Bertz CT molecular complexity index is 1370. The molecule has 1 aliphatic carbocycles. The number of carbonyl (C=O) groups is 3. The molecule has 9 heteroatoms. The van der Waals surface area contributed by atoms with E-state index in [1.807, 2.05) is 81.4 Å². The normalized spacial score (nSPS) is 12.9. The van der Waals surface area contributed by atoms with E-state index in [2.05, 4.69) is 22.8 Å². The number of carbonyl (C=O) groups excluding carboxylic acids is 2. The predicted octanol–water partition coefficient (Wildman–Crippen LogP) is 6.68. The van der Waals surface area contributed by atoms with Gasteiger partial charge < -0.3 is 30.0 Å². The quantitative estimate of drug-likeness (QED) is 0.176. The summed E-state index contributed by atoms with van der Waals surface area (Å²) in [6.45, 7) is 6.65. The number of aliphatic carboxylic acids is 1. The molecule has 0 fully saturated rings. The molecule has 3 N–H and O–H groups in total. The zero-order valence-electron chi connectivity index (χ0n) is 25.6. The first kappa shape index (κ1) is 32.4. The van der Waals surface area contributed by atoms with E-state index in [1.54, 1.807) is 0 Å². The third kappa shape index (κ3) is 9.49. The molecule has 9 nitrogen and oxygen atoms in total. The van der Waals surface area contributed by atoms with Crippen LogP contribution >= 0.6 is 0 Å². The highest BCUT2D eigenvalue weighted by Gasteiger charge is 2.29. The average Bonchev–Trinajstić information content (AvgIpc) is 3.30. The van der Waals surface area contributed by atoms with Crippen molar-refractivity contribution in [3.8, 4) is 16.9 Å². The summed E-state index contributed by atoms with van der Waals surface area (Å²) in [5.41, 5.74) is 4.99. The molecule has 0 saturated heterocycles. The van der Waals surface area contributed by atoms with Gasteiger partial charge in [-0.15, -0.1) is 0 Å². The largest absolute Gasteiger partial charge is 0.494 e. The van der Waals surface area contributed by atoms with Crippen LogP contribution in [0.25, 0.3) is 11.1 Å². The number of amides is 2. The minimum Gasteiger partial charge on any atom is -0.494 e. The second kappa shape index (κ2) is 15.3. The number of benzene rings is 3. The van der Waals surface area contributed by atoms with Crippen molar-refractivity contribution in [1.82, 2.24) is 10.6 Å². The number of carboxylic acid groups (broad SMARTS) is 1. The molecule has 234 valence electrons. The Labute approximate surface area is 258 Å². The second-order valence-corrected chi connectivity index (χ2v) is 11.9. The van der Waals surface area contributed by atoms with Gasteiger partial charge in [-0.3, -0.25) is 0 Å². The van der Waals surface area contributed by atoms with Crippen LogP contribution in [-0.2, 0) is 20.7 Å². The van der Waals surface area contributed by atoms with Crippen LogP contribution in [0.2, 0.25) is 0 Å². The van der Waals surface area contributed by atoms with Crippen LogP contribution in [0.15, 0.2) is 72.8 Å². The number of rotatable bonds is 14. The molecule has 1 atom stereocenters. The maximum absolute atomic E-state index is 12.6. The monoisotopic (exact) mass is 602 g/mol. The van der Waals surface area contributed by atoms with Gasteiger partial charge >= 0.3 is 18.2 Å². The van der Waals surface area contributed by atoms with Crippen molar-refractivity contribution in [3.63, 3.8) is 0 Å². The van der Waals surface area contributed by atoms with E-state index in [9.17, 15) is 19.5 Å². The molecule has 0 aromatic heterocycles. The van der Waals surface area contributed by atoms with E-state index in [-0.39, 0.29) is 18.9 Å². The first-order valence-electron chi connectivity index (χ1n) is 15.1. The lowest BCUT2D eigenvalue weighted by Crippen LogP contribution is -2.41. The maximum atomic E-state index is 12.6. The molecule has 3 aromatic carbocycles. The zero-order chi connectivity index (χ0) is 31.5. The molecule has 0 aliphatic heterocycles. The van der Waals surface area contributed by atoms with Crippen LogP contribution in [0.3, 0.4) is 0 Å². The van der Waals surface area contributed by atoms with Gasteiger partial charge in [0.25, 0.3) is 0 Å². The van der Waals surface area contributed by atoms with Gasteiger partial charge in [0.15, 0.2) is 0 Å². The Morgan fingerprint density at radius 3 is 2.09 bits per heavy atom. The van der Waals surface area contributed by atoms with Gasteiger partial charge in [0, 0.05) is 12.5 Å². The first-order valence-corrected chi connectivity index (χ1v) is 15.1. The minimum absolute atomic E-state index is 0.0930. The van der Waals surface area contributed by atoms with Gasteiger partial charge in [-0.1, -0.05) is 60.7 Å². The summed E-state index contributed by atoms with van der Waals surface area (Å²) in [6, 6.07) is 22.7. The molecular weight excluding hydrogens is 560 g/mol. The van der Waals surface area contributed by atoms with Crippen LogP contribution in [0.4, 0.5) is 9.59 Å². The number of hydrogen-bond acceptors (Lipinski definition) is 6. The first-order chi connectivity index (χ1) is 21.1. The predicted molar refractivity (Wildman–Crippen MR) is 168 cm³/mol. The summed E-state index contributed by atoms with van der Waals surface area (Å²) in [5.74, 6) is -0.442. The number of ether oxygens (including phenoxy) is 3. The van der Waals surface area contributed by atoms with Crippen molar-refractivity contribution in [2.75, 3.05) is 19.8 Å². The van der Waals surface area contributed by atoms with E-state index in [4.69, 9.17) is 14.2 Å². The van der Waals surface area contributed by atoms with Crippen molar-refractivity contribution in [1.29, 1.82) is 0 Å². The van der Waals surface area contributed by atoms with Gasteiger partial charge in [-0.05, 0) is 92.8 Å². The number of carboxylic acids is 1. The standard InChI is InChI=1S/C35H42N2O7/c1-35(2,3)44-33(40)36-21-8-9-22-42-25-19-17-24(18-20-25)11-10-16-31(32(38)39)37-34(41)43-23-30-28-14-6-4-12-26(28)27-13-5-7-15-29(27)30/h4-7,12-15,17-20,30-31H,8-11,16,21-23H2,1-3H3,(H,36,40)(H,37,41)(H,38,39). The smallest absolute Gasteiger partial charge is 0.407 e. The number of aryl methyl sites for hydroxylation is 1.